The van der Waals surface area contributed by atoms with Gasteiger partial charge in [-0.25, -0.2) is 15.6 Å². The highest BCUT2D eigenvalue weighted by atomic mass is 32.1. The summed E-state index contributed by atoms with van der Waals surface area (Å²) >= 11 is 1.14. The van der Waals surface area contributed by atoms with Gasteiger partial charge >= 0.3 is 5.97 Å². The number of hydrazine groups is 1. The number of aromatic nitrogens is 1. The van der Waals surface area contributed by atoms with Crippen LogP contribution in [0, 0.1) is 5.92 Å². The van der Waals surface area contributed by atoms with Crippen molar-refractivity contribution in [2.24, 2.45) is 17.5 Å². The number of carbonyl (C=O) groups is 2. The van der Waals surface area contributed by atoms with Gasteiger partial charge in [0.15, 0.2) is 5.54 Å². The molecule has 0 bridgehead atoms. The van der Waals surface area contributed by atoms with Crippen molar-refractivity contribution >= 4 is 23.2 Å². The Balaban J connectivity index is 2.22. The summed E-state index contributed by atoms with van der Waals surface area (Å²) in [6.45, 7) is 4.03. The maximum Gasteiger partial charge on any atom is 0.333 e. The molecule has 0 fully saturated rings. The van der Waals surface area contributed by atoms with Gasteiger partial charge in [0.2, 0.25) is 0 Å². The summed E-state index contributed by atoms with van der Waals surface area (Å²) in [5.74, 6) is 4.14. The fourth-order valence-corrected chi connectivity index (χ4v) is 3.32. The van der Waals surface area contributed by atoms with E-state index in [1.165, 1.54) is 5.38 Å². The quantitative estimate of drug-likeness (QED) is 0.298. The molecule has 0 saturated heterocycles. The Bertz CT molecular complexity index is 733. The molecule has 134 valence electrons. The van der Waals surface area contributed by atoms with E-state index in [1.54, 1.807) is 0 Å². The molecule has 1 atom stereocenters. The van der Waals surface area contributed by atoms with Crippen LogP contribution in [0.2, 0.25) is 0 Å². The van der Waals surface area contributed by atoms with Crippen LogP contribution in [-0.4, -0.2) is 16.9 Å². The Morgan fingerprint density at radius 1 is 1.32 bits per heavy atom. The Kier molecular flexibility index (Phi) is 6.24. The second-order valence-electron chi connectivity index (χ2n) is 6.14. The molecule has 0 aliphatic carbocycles. The van der Waals surface area contributed by atoms with Crippen LogP contribution in [0.1, 0.15) is 41.3 Å². The van der Waals surface area contributed by atoms with E-state index < -0.39 is 17.4 Å². The molecule has 0 radical (unpaired) electrons. The molecular weight excluding hydrogens is 340 g/mol. The van der Waals surface area contributed by atoms with Gasteiger partial charge in [0.05, 0.1) is 0 Å². The third-order valence-corrected chi connectivity index (χ3v) is 4.58. The number of nitrogens with two attached hydrogens (primary N) is 2. The number of nitrogens with one attached hydrogen (secondary N) is 1. The van der Waals surface area contributed by atoms with Gasteiger partial charge in [-0.15, -0.1) is 11.3 Å². The minimum atomic E-state index is -1.42. The first-order valence-corrected chi connectivity index (χ1v) is 8.71. The maximum atomic E-state index is 12.7. The number of nitrogen functional groups attached to an aromatic ring is 1. The van der Waals surface area contributed by atoms with E-state index in [-0.39, 0.29) is 18.2 Å². The Hall–Kier alpha value is -2.29. The summed E-state index contributed by atoms with van der Waals surface area (Å²) in [6, 6.07) is 9.34. The molecule has 0 saturated carbocycles. The van der Waals surface area contributed by atoms with Crippen LogP contribution in [0.15, 0.2) is 35.7 Å². The first kappa shape index (κ1) is 19.0. The number of benzene rings is 1. The van der Waals surface area contributed by atoms with Crippen molar-refractivity contribution in [3.05, 3.63) is 52.0 Å². The van der Waals surface area contributed by atoms with E-state index in [2.05, 4.69) is 4.98 Å². The lowest BCUT2D eigenvalue weighted by Gasteiger charge is -2.26. The zero-order valence-electron chi connectivity index (χ0n) is 14.2. The lowest BCUT2D eigenvalue weighted by Crippen LogP contribution is -2.47. The highest BCUT2D eigenvalue weighted by Crippen LogP contribution is 2.30. The standard InChI is InChI=1S/C17H22N4O3S/c1-11(2)8-17(18,15-20-13(10-25-15)14(22)21-19)16(23)24-9-12-6-4-3-5-7-12/h3-7,10-11H,8-9,18-19H2,1-2H3,(H,21,22)/t17-/m1/s1. The molecule has 1 aromatic carbocycles. The van der Waals surface area contributed by atoms with Gasteiger partial charge in [-0.3, -0.25) is 10.2 Å². The van der Waals surface area contributed by atoms with Crippen molar-refractivity contribution in [2.45, 2.75) is 32.4 Å². The van der Waals surface area contributed by atoms with Crippen LogP contribution >= 0.6 is 11.3 Å². The van der Waals surface area contributed by atoms with Gasteiger partial charge in [-0.05, 0) is 17.9 Å². The Morgan fingerprint density at radius 2 is 2.00 bits per heavy atom. The third-order valence-electron chi connectivity index (χ3n) is 3.56. The van der Waals surface area contributed by atoms with Crippen LogP contribution in [0.25, 0.3) is 0 Å². The molecule has 2 aromatic rings. The molecular formula is C17H22N4O3S. The van der Waals surface area contributed by atoms with Crippen molar-refractivity contribution in [3.8, 4) is 0 Å². The molecule has 2 rings (SSSR count). The summed E-state index contributed by atoms with van der Waals surface area (Å²) in [7, 11) is 0. The Labute approximate surface area is 150 Å². The predicted molar refractivity (Wildman–Crippen MR) is 95.3 cm³/mol. The molecule has 0 spiro atoms. The highest BCUT2D eigenvalue weighted by Gasteiger charge is 2.41. The highest BCUT2D eigenvalue weighted by molar-refractivity contribution is 7.10. The van der Waals surface area contributed by atoms with E-state index >= 15 is 0 Å². The molecule has 7 nitrogen and oxygen atoms in total. The van der Waals surface area contributed by atoms with E-state index in [0.717, 1.165) is 16.9 Å². The van der Waals surface area contributed by atoms with Gasteiger partial charge in [0.1, 0.15) is 17.3 Å². The van der Waals surface area contributed by atoms with Crippen LogP contribution in [0.5, 0.6) is 0 Å². The Morgan fingerprint density at radius 3 is 2.60 bits per heavy atom. The summed E-state index contributed by atoms with van der Waals surface area (Å²) in [5, 5.41) is 1.85. The average Bonchev–Trinajstić information content (AvgIpc) is 3.10. The number of thiazole rings is 1. The van der Waals surface area contributed by atoms with Gasteiger partial charge in [0, 0.05) is 5.38 Å². The van der Waals surface area contributed by atoms with Crippen LogP contribution in [-0.2, 0) is 21.7 Å². The van der Waals surface area contributed by atoms with Gasteiger partial charge in [-0.2, -0.15) is 0 Å². The molecule has 1 amide bonds. The minimum absolute atomic E-state index is 0.122. The lowest BCUT2D eigenvalue weighted by atomic mass is 9.90. The number of ether oxygens (including phenoxy) is 1. The number of hydrogen-bond acceptors (Lipinski definition) is 7. The second-order valence-corrected chi connectivity index (χ2v) is 7.00. The number of amides is 1. The molecule has 0 aliphatic rings. The summed E-state index contributed by atoms with van der Waals surface area (Å²) in [4.78, 5) is 28.5. The fourth-order valence-electron chi connectivity index (χ4n) is 2.41. The van der Waals surface area contributed by atoms with E-state index in [1.807, 2.05) is 49.6 Å². The normalized spacial score (nSPS) is 13.3. The van der Waals surface area contributed by atoms with Crippen molar-refractivity contribution in [1.82, 2.24) is 10.4 Å². The first-order valence-electron chi connectivity index (χ1n) is 7.83. The van der Waals surface area contributed by atoms with Crippen molar-refractivity contribution in [2.75, 3.05) is 0 Å². The number of carbonyl (C=O) groups excluding carboxylic acids is 2. The first-order chi connectivity index (χ1) is 11.9. The molecule has 0 aliphatic heterocycles. The monoisotopic (exact) mass is 362 g/mol. The van der Waals surface area contributed by atoms with E-state index in [9.17, 15) is 9.59 Å². The number of rotatable bonds is 7. The largest absolute Gasteiger partial charge is 0.459 e. The second kappa shape index (κ2) is 8.19. The maximum absolute atomic E-state index is 12.7. The molecule has 1 aromatic heterocycles. The zero-order valence-corrected chi connectivity index (χ0v) is 15.0. The summed E-state index contributed by atoms with van der Waals surface area (Å²) in [6.07, 6.45) is 0.345. The lowest BCUT2D eigenvalue weighted by molar-refractivity contribution is -0.152. The SMILES string of the molecule is CC(C)C[C@](N)(C(=O)OCc1ccccc1)c1nc(C(=O)NN)cs1. The molecule has 0 unspecified atom stereocenters. The van der Waals surface area contributed by atoms with Crippen LogP contribution in [0.4, 0.5) is 0 Å². The smallest absolute Gasteiger partial charge is 0.333 e. The molecule has 5 N–H and O–H groups in total. The van der Waals surface area contributed by atoms with Crippen LogP contribution in [0.3, 0.4) is 0 Å². The fraction of sp³-hybridized carbons (Fsp3) is 0.353. The van der Waals surface area contributed by atoms with Gasteiger partial charge < -0.3 is 10.5 Å². The zero-order chi connectivity index (χ0) is 18.4. The van der Waals surface area contributed by atoms with E-state index in [4.69, 9.17) is 16.3 Å². The number of nitrogens with zero attached hydrogens (tertiary/aromatic N) is 1. The van der Waals surface area contributed by atoms with Crippen LogP contribution < -0.4 is 17.0 Å². The molecule has 8 heteroatoms. The summed E-state index contributed by atoms with van der Waals surface area (Å²) in [5.41, 5.74) is 7.98. The topological polar surface area (TPSA) is 120 Å². The van der Waals surface area contributed by atoms with Gasteiger partial charge in [-0.1, -0.05) is 44.2 Å². The predicted octanol–water partition coefficient (Wildman–Crippen LogP) is 1.69. The van der Waals surface area contributed by atoms with Crippen molar-refractivity contribution in [1.29, 1.82) is 0 Å². The number of hydrogen-bond donors (Lipinski definition) is 3. The summed E-state index contributed by atoms with van der Waals surface area (Å²) < 4.78 is 5.42. The molecule has 25 heavy (non-hydrogen) atoms. The number of esters is 1. The van der Waals surface area contributed by atoms with Crippen molar-refractivity contribution < 1.29 is 14.3 Å². The average molecular weight is 362 g/mol. The van der Waals surface area contributed by atoms with Crippen molar-refractivity contribution in [3.63, 3.8) is 0 Å². The third kappa shape index (κ3) is 4.62. The molecule has 1 heterocycles. The van der Waals surface area contributed by atoms with Gasteiger partial charge in [0.25, 0.3) is 5.91 Å². The minimum Gasteiger partial charge on any atom is -0.459 e. The van der Waals surface area contributed by atoms with E-state index in [0.29, 0.717) is 11.4 Å².